The molecule has 2 rings (SSSR count). The van der Waals surface area contributed by atoms with E-state index in [1.54, 1.807) is 0 Å². The van der Waals surface area contributed by atoms with Crippen LogP contribution in [0, 0.1) is 0 Å². The number of rotatable bonds is 1. The smallest absolute Gasteiger partial charge is 0.0612 e. The Labute approximate surface area is 77.0 Å². The lowest BCUT2D eigenvalue weighted by atomic mass is 9.84. The summed E-state index contributed by atoms with van der Waals surface area (Å²) in [5.74, 6) is 0.403. The van der Waals surface area contributed by atoms with E-state index in [1.807, 2.05) is 11.3 Å². The Bertz CT molecular complexity index is 267. The van der Waals surface area contributed by atoms with E-state index >= 15 is 0 Å². The maximum absolute atomic E-state index is 9.74. The molecule has 1 aliphatic carbocycles. The number of hydrogen-bond acceptors (Lipinski definition) is 2. The van der Waals surface area contributed by atoms with E-state index in [0.717, 1.165) is 19.3 Å². The Morgan fingerprint density at radius 3 is 3.25 bits per heavy atom. The van der Waals surface area contributed by atoms with Crippen molar-refractivity contribution in [1.29, 1.82) is 0 Å². The van der Waals surface area contributed by atoms with E-state index in [4.69, 9.17) is 0 Å². The standard InChI is InChI=1S/C10H14OS/c1-2-7-8-5-6-12-10(8)4-3-9(7)11/h5-7,9,11H,2-4H2,1H3. The average Bonchev–Trinajstić information content (AvgIpc) is 2.52. The van der Waals surface area contributed by atoms with Crippen LogP contribution in [0.2, 0.25) is 0 Å². The zero-order chi connectivity index (χ0) is 8.55. The van der Waals surface area contributed by atoms with E-state index in [0.29, 0.717) is 5.92 Å². The minimum atomic E-state index is -0.0999. The highest BCUT2D eigenvalue weighted by Gasteiger charge is 2.26. The molecule has 0 fully saturated rings. The van der Waals surface area contributed by atoms with Gasteiger partial charge in [0.25, 0.3) is 0 Å². The summed E-state index contributed by atoms with van der Waals surface area (Å²) in [5.41, 5.74) is 1.40. The first-order valence-corrected chi connectivity index (χ1v) is 5.45. The van der Waals surface area contributed by atoms with Gasteiger partial charge in [0, 0.05) is 10.8 Å². The number of hydrogen-bond donors (Lipinski definition) is 1. The summed E-state index contributed by atoms with van der Waals surface area (Å²) in [7, 11) is 0. The van der Waals surface area contributed by atoms with Gasteiger partial charge < -0.3 is 5.11 Å². The van der Waals surface area contributed by atoms with Crippen molar-refractivity contribution in [3.8, 4) is 0 Å². The molecule has 0 saturated carbocycles. The van der Waals surface area contributed by atoms with E-state index in [1.165, 1.54) is 10.4 Å². The largest absolute Gasteiger partial charge is 0.392 e. The van der Waals surface area contributed by atoms with Gasteiger partial charge >= 0.3 is 0 Å². The van der Waals surface area contributed by atoms with Crippen molar-refractivity contribution in [1.82, 2.24) is 0 Å². The second-order valence-electron chi connectivity index (χ2n) is 3.42. The normalized spacial score (nSPS) is 28.5. The van der Waals surface area contributed by atoms with Gasteiger partial charge in [-0.2, -0.15) is 0 Å². The molecule has 1 aromatic rings. The van der Waals surface area contributed by atoms with Gasteiger partial charge in [-0.1, -0.05) is 6.92 Å². The van der Waals surface area contributed by atoms with Gasteiger partial charge in [-0.15, -0.1) is 11.3 Å². The monoisotopic (exact) mass is 182 g/mol. The lowest BCUT2D eigenvalue weighted by Crippen LogP contribution is -2.23. The van der Waals surface area contributed by atoms with Gasteiger partial charge in [-0.05, 0) is 36.3 Å². The number of aliphatic hydroxyl groups is 1. The molecule has 1 aromatic heterocycles. The van der Waals surface area contributed by atoms with E-state index in [-0.39, 0.29) is 6.10 Å². The lowest BCUT2D eigenvalue weighted by molar-refractivity contribution is 0.125. The Balaban J connectivity index is 2.34. The molecule has 2 heteroatoms. The van der Waals surface area contributed by atoms with Gasteiger partial charge in [0.15, 0.2) is 0 Å². The molecule has 1 nitrogen and oxygen atoms in total. The van der Waals surface area contributed by atoms with Gasteiger partial charge in [-0.3, -0.25) is 0 Å². The molecule has 1 N–H and O–H groups in total. The first-order chi connectivity index (χ1) is 5.83. The summed E-state index contributed by atoms with van der Waals surface area (Å²) in [4.78, 5) is 1.49. The van der Waals surface area contributed by atoms with Crippen LogP contribution in [0.4, 0.5) is 0 Å². The minimum Gasteiger partial charge on any atom is -0.392 e. The summed E-state index contributed by atoms with van der Waals surface area (Å²) in [6, 6.07) is 2.18. The molecule has 0 saturated heterocycles. The van der Waals surface area contributed by atoms with E-state index < -0.39 is 0 Å². The maximum Gasteiger partial charge on any atom is 0.0612 e. The molecule has 0 bridgehead atoms. The molecule has 1 aliphatic rings. The van der Waals surface area contributed by atoms with Crippen LogP contribution in [-0.4, -0.2) is 11.2 Å². The molecule has 0 radical (unpaired) electrons. The number of aryl methyl sites for hydroxylation is 1. The van der Waals surface area contributed by atoms with Crippen LogP contribution in [0.3, 0.4) is 0 Å². The molecule has 66 valence electrons. The van der Waals surface area contributed by atoms with Crippen LogP contribution in [0.5, 0.6) is 0 Å². The molecule has 0 spiro atoms. The summed E-state index contributed by atoms with van der Waals surface area (Å²) < 4.78 is 0. The summed E-state index contributed by atoms with van der Waals surface area (Å²) in [6.45, 7) is 2.15. The quantitative estimate of drug-likeness (QED) is 0.707. The zero-order valence-electron chi connectivity index (χ0n) is 7.29. The van der Waals surface area contributed by atoms with E-state index in [9.17, 15) is 5.11 Å². The van der Waals surface area contributed by atoms with Crippen molar-refractivity contribution in [3.63, 3.8) is 0 Å². The second-order valence-corrected chi connectivity index (χ2v) is 4.42. The number of fused-ring (bicyclic) bond motifs is 1. The van der Waals surface area contributed by atoms with Gasteiger partial charge in [-0.25, -0.2) is 0 Å². The fourth-order valence-corrected chi connectivity index (χ4v) is 3.03. The van der Waals surface area contributed by atoms with Gasteiger partial charge in [0.05, 0.1) is 6.10 Å². The zero-order valence-corrected chi connectivity index (χ0v) is 8.10. The Morgan fingerprint density at radius 2 is 2.50 bits per heavy atom. The summed E-state index contributed by atoms with van der Waals surface area (Å²) in [6.07, 6.45) is 2.99. The fourth-order valence-electron chi connectivity index (χ4n) is 2.06. The van der Waals surface area contributed by atoms with Crippen LogP contribution >= 0.6 is 11.3 Å². The third kappa shape index (κ3) is 1.19. The van der Waals surface area contributed by atoms with Gasteiger partial charge in [0.1, 0.15) is 0 Å². The first kappa shape index (κ1) is 8.27. The second kappa shape index (κ2) is 3.19. The Morgan fingerprint density at radius 1 is 1.67 bits per heavy atom. The molecule has 12 heavy (non-hydrogen) atoms. The topological polar surface area (TPSA) is 20.2 Å². The molecule has 1 heterocycles. The van der Waals surface area contributed by atoms with Crippen molar-refractivity contribution in [3.05, 3.63) is 21.9 Å². The van der Waals surface area contributed by atoms with Crippen molar-refractivity contribution in [2.24, 2.45) is 0 Å². The highest BCUT2D eigenvalue weighted by Crippen LogP contribution is 2.36. The highest BCUT2D eigenvalue weighted by molar-refractivity contribution is 7.10. The van der Waals surface area contributed by atoms with Gasteiger partial charge in [0.2, 0.25) is 0 Å². The van der Waals surface area contributed by atoms with Crippen molar-refractivity contribution in [2.75, 3.05) is 0 Å². The van der Waals surface area contributed by atoms with Crippen LogP contribution in [0.25, 0.3) is 0 Å². The predicted octanol–water partition coefficient (Wildman–Crippen LogP) is 2.55. The number of aliphatic hydroxyl groups excluding tert-OH is 1. The van der Waals surface area contributed by atoms with Crippen molar-refractivity contribution >= 4 is 11.3 Å². The molecule has 2 unspecified atom stereocenters. The molecule has 2 atom stereocenters. The predicted molar refractivity (Wildman–Crippen MR) is 51.7 cm³/mol. The third-order valence-corrected chi connectivity index (χ3v) is 3.75. The first-order valence-electron chi connectivity index (χ1n) is 4.57. The summed E-state index contributed by atoms with van der Waals surface area (Å²) in [5, 5.41) is 11.9. The molecular formula is C10H14OS. The molecule has 0 aliphatic heterocycles. The SMILES string of the molecule is CCC1c2ccsc2CCC1O. The average molecular weight is 182 g/mol. The highest BCUT2D eigenvalue weighted by atomic mass is 32.1. The third-order valence-electron chi connectivity index (χ3n) is 2.75. The Hall–Kier alpha value is -0.340. The molecule has 0 amide bonds. The summed E-state index contributed by atoms with van der Waals surface area (Å²) >= 11 is 1.84. The van der Waals surface area contributed by atoms with Crippen LogP contribution < -0.4 is 0 Å². The van der Waals surface area contributed by atoms with Crippen molar-refractivity contribution < 1.29 is 5.11 Å². The molecule has 0 aromatic carbocycles. The minimum absolute atomic E-state index is 0.0999. The fraction of sp³-hybridized carbons (Fsp3) is 0.600. The lowest BCUT2D eigenvalue weighted by Gasteiger charge is -2.26. The van der Waals surface area contributed by atoms with Crippen LogP contribution in [-0.2, 0) is 6.42 Å². The number of thiophene rings is 1. The van der Waals surface area contributed by atoms with Crippen LogP contribution in [0.1, 0.15) is 36.1 Å². The van der Waals surface area contributed by atoms with Crippen molar-refractivity contribution in [2.45, 2.75) is 38.2 Å². The molecular weight excluding hydrogens is 168 g/mol. The van der Waals surface area contributed by atoms with E-state index in [2.05, 4.69) is 18.4 Å². The van der Waals surface area contributed by atoms with Crippen LogP contribution in [0.15, 0.2) is 11.4 Å². The maximum atomic E-state index is 9.74. The Kier molecular flexibility index (Phi) is 2.20.